The molecule has 0 aliphatic rings. The molecular weight excluding hydrogens is 308 g/mol. The number of hydrogen-bond acceptors (Lipinski definition) is 4. The van der Waals surface area contributed by atoms with Gasteiger partial charge in [-0.15, -0.1) is 5.10 Å². The molecule has 0 saturated heterocycles. The summed E-state index contributed by atoms with van der Waals surface area (Å²) in [5, 5.41) is 7.35. The number of sulfonamides is 1. The number of aromatic nitrogens is 3. The fourth-order valence-electron chi connectivity index (χ4n) is 1.09. The molecule has 1 aromatic rings. The molecule has 6 nitrogen and oxygen atoms in total. The average Bonchev–Trinajstić information content (AvgIpc) is 2.57. The Labute approximate surface area is 110 Å². The van der Waals surface area contributed by atoms with Gasteiger partial charge < -0.3 is 0 Å². The van der Waals surface area contributed by atoms with Crippen LogP contribution in [0.25, 0.3) is 0 Å². The van der Waals surface area contributed by atoms with Gasteiger partial charge in [0.05, 0.1) is 0 Å². The molecule has 1 rings (SSSR count). The average molecular weight is 325 g/mol. The molecule has 17 heavy (non-hydrogen) atoms. The molecule has 98 valence electrons. The van der Waals surface area contributed by atoms with Crippen LogP contribution in [-0.4, -0.2) is 30.0 Å². The summed E-state index contributed by atoms with van der Waals surface area (Å²) in [6.45, 7) is 6.41. The lowest BCUT2D eigenvalue weighted by atomic mass is 9.91. The summed E-state index contributed by atoms with van der Waals surface area (Å²) >= 11 is 3.08. The van der Waals surface area contributed by atoms with Crippen LogP contribution in [0.2, 0.25) is 0 Å². The smallest absolute Gasteiger partial charge is 0.235 e. The maximum Gasteiger partial charge on any atom is 0.260 e. The highest BCUT2D eigenvalue weighted by Crippen LogP contribution is 2.21. The van der Waals surface area contributed by atoms with Gasteiger partial charge in [0, 0.05) is 13.6 Å². The zero-order valence-electron chi connectivity index (χ0n) is 10.4. The fourth-order valence-corrected chi connectivity index (χ4v) is 3.42. The first-order valence-corrected chi connectivity index (χ1v) is 7.52. The quantitative estimate of drug-likeness (QED) is 0.885. The lowest BCUT2D eigenvalue weighted by Gasteiger charge is -2.22. The van der Waals surface area contributed by atoms with Crippen molar-refractivity contribution in [2.24, 2.45) is 12.5 Å². The molecule has 1 N–H and O–H groups in total. The van der Waals surface area contributed by atoms with Crippen LogP contribution >= 0.6 is 15.9 Å². The second-order valence-corrected chi connectivity index (χ2v) is 7.08. The van der Waals surface area contributed by atoms with Gasteiger partial charge in [0.2, 0.25) is 5.03 Å². The summed E-state index contributed by atoms with van der Waals surface area (Å²) in [5.74, 6) is 0. The Kier molecular flexibility index (Phi) is 4.32. The zero-order valence-corrected chi connectivity index (χ0v) is 12.8. The molecule has 0 aromatic carbocycles. The van der Waals surface area contributed by atoms with Crippen molar-refractivity contribution in [3.05, 3.63) is 4.60 Å². The normalized spacial score (nSPS) is 13.0. The molecule has 8 heteroatoms. The molecular formula is C9H17BrN4O2S. The first-order valence-electron chi connectivity index (χ1n) is 5.24. The van der Waals surface area contributed by atoms with E-state index in [1.165, 1.54) is 11.7 Å². The SMILES string of the molecule is CCC(C)(C)CNS(=O)(=O)c1c(Br)nnn1C. The highest BCUT2D eigenvalue weighted by Gasteiger charge is 2.26. The summed E-state index contributed by atoms with van der Waals surface area (Å²) < 4.78 is 28.1. The maximum atomic E-state index is 12.1. The van der Waals surface area contributed by atoms with Gasteiger partial charge >= 0.3 is 0 Å². The number of nitrogens with zero attached hydrogens (tertiary/aromatic N) is 3. The predicted octanol–water partition coefficient (Wildman–Crippen LogP) is 1.29. The number of halogens is 1. The summed E-state index contributed by atoms with van der Waals surface area (Å²) in [5.41, 5.74) is -0.0778. The summed E-state index contributed by atoms with van der Waals surface area (Å²) in [4.78, 5) is 0. The van der Waals surface area contributed by atoms with E-state index in [9.17, 15) is 8.42 Å². The van der Waals surface area contributed by atoms with E-state index in [0.717, 1.165) is 6.42 Å². The highest BCUT2D eigenvalue weighted by molar-refractivity contribution is 9.10. The van der Waals surface area contributed by atoms with Gasteiger partial charge in [-0.2, -0.15) is 0 Å². The van der Waals surface area contributed by atoms with Crippen LogP contribution in [0.5, 0.6) is 0 Å². The number of hydrogen-bond donors (Lipinski definition) is 1. The molecule has 1 aromatic heterocycles. The summed E-state index contributed by atoms with van der Waals surface area (Å²) in [6.07, 6.45) is 0.889. The van der Waals surface area contributed by atoms with Gasteiger partial charge in [0.15, 0.2) is 4.60 Å². The first kappa shape index (κ1) is 14.6. The van der Waals surface area contributed by atoms with Crippen molar-refractivity contribution in [3.63, 3.8) is 0 Å². The van der Waals surface area contributed by atoms with E-state index in [4.69, 9.17) is 0 Å². The monoisotopic (exact) mass is 324 g/mol. The van der Waals surface area contributed by atoms with Crippen molar-refractivity contribution in [1.82, 2.24) is 19.7 Å². The van der Waals surface area contributed by atoms with Gasteiger partial charge in [-0.05, 0) is 27.8 Å². The lowest BCUT2D eigenvalue weighted by molar-refractivity contribution is 0.349. The predicted molar refractivity (Wildman–Crippen MR) is 68.0 cm³/mol. The minimum absolute atomic E-state index is 0.0457. The van der Waals surface area contributed by atoms with E-state index in [1.807, 2.05) is 20.8 Å². The molecule has 1 heterocycles. The first-order chi connectivity index (χ1) is 7.69. The van der Waals surface area contributed by atoms with E-state index in [0.29, 0.717) is 6.54 Å². The molecule has 0 fully saturated rings. The topological polar surface area (TPSA) is 76.9 Å². The molecule has 0 amide bonds. The number of nitrogens with one attached hydrogen (secondary N) is 1. The van der Waals surface area contributed by atoms with Crippen molar-refractivity contribution in [3.8, 4) is 0 Å². The number of aryl methyl sites for hydroxylation is 1. The van der Waals surface area contributed by atoms with Crippen LogP contribution < -0.4 is 4.72 Å². The van der Waals surface area contributed by atoms with E-state index < -0.39 is 10.0 Å². The molecule has 0 unspecified atom stereocenters. The van der Waals surface area contributed by atoms with Crippen LogP contribution in [0.15, 0.2) is 9.63 Å². The van der Waals surface area contributed by atoms with Crippen LogP contribution in [-0.2, 0) is 17.1 Å². The Morgan fingerprint density at radius 2 is 2.06 bits per heavy atom. The van der Waals surface area contributed by atoms with Crippen molar-refractivity contribution >= 4 is 26.0 Å². The van der Waals surface area contributed by atoms with Crippen molar-refractivity contribution < 1.29 is 8.42 Å². The third kappa shape index (κ3) is 3.49. The Morgan fingerprint density at radius 3 is 2.47 bits per heavy atom. The molecule has 0 saturated carbocycles. The van der Waals surface area contributed by atoms with Crippen LogP contribution in [0.4, 0.5) is 0 Å². The zero-order chi connectivity index (χ0) is 13.3. The van der Waals surface area contributed by atoms with Gasteiger partial charge in [-0.25, -0.2) is 17.8 Å². The lowest BCUT2D eigenvalue weighted by Crippen LogP contribution is -2.34. The van der Waals surface area contributed by atoms with Gasteiger partial charge in [-0.3, -0.25) is 0 Å². The van der Waals surface area contributed by atoms with Crippen LogP contribution in [0.1, 0.15) is 27.2 Å². The minimum atomic E-state index is -3.58. The third-order valence-electron chi connectivity index (χ3n) is 2.69. The molecule has 0 spiro atoms. The Balaban J connectivity index is 2.91. The van der Waals surface area contributed by atoms with E-state index in [-0.39, 0.29) is 15.0 Å². The molecule has 0 bridgehead atoms. The summed E-state index contributed by atoms with van der Waals surface area (Å²) in [7, 11) is -2.04. The van der Waals surface area contributed by atoms with Crippen molar-refractivity contribution in [2.75, 3.05) is 6.54 Å². The summed E-state index contributed by atoms with van der Waals surface area (Å²) in [6, 6.07) is 0. The van der Waals surface area contributed by atoms with E-state index in [1.54, 1.807) is 0 Å². The Bertz CT molecular complexity index is 476. The Morgan fingerprint density at radius 1 is 1.47 bits per heavy atom. The standard InChI is InChI=1S/C9H17BrN4O2S/c1-5-9(2,3)6-11-17(15,16)8-7(10)12-13-14(8)4/h11H,5-6H2,1-4H3. The second kappa shape index (κ2) is 5.03. The highest BCUT2D eigenvalue weighted by atomic mass is 79.9. The van der Waals surface area contributed by atoms with Crippen molar-refractivity contribution in [2.45, 2.75) is 32.2 Å². The van der Waals surface area contributed by atoms with Crippen LogP contribution in [0, 0.1) is 5.41 Å². The van der Waals surface area contributed by atoms with Gasteiger partial charge in [-0.1, -0.05) is 26.0 Å². The molecule has 0 atom stereocenters. The van der Waals surface area contributed by atoms with E-state index in [2.05, 4.69) is 31.0 Å². The van der Waals surface area contributed by atoms with Crippen molar-refractivity contribution in [1.29, 1.82) is 0 Å². The third-order valence-corrected chi connectivity index (χ3v) is 4.98. The maximum absolute atomic E-state index is 12.1. The number of rotatable bonds is 5. The molecule has 0 aliphatic heterocycles. The van der Waals surface area contributed by atoms with Gasteiger partial charge in [0.25, 0.3) is 10.0 Å². The van der Waals surface area contributed by atoms with Gasteiger partial charge in [0.1, 0.15) is 0 Å². The minimum Gasteiger partial charge on any atom is -0.235 e. The molecule has 0 aliphatic carbocycles. The Hall–Kier alpha value is -0.470. The fraction of sp³-hybridized carbons (Fsp3) is 0.778. The molecule has 0 radical (unpaired) electrons. The largest absolute Gasteiger partial charge is 0.260 e. The van der Waals surface area contributed by atoms with Crippen LogP contribution in [0.3, 0.4) is 0 Å². The van der Waals surface area contributed by atoms with E-state index >= 15 is 0 Å². The second-order valence-electron chi connectivity index (χ2n) is 4.65.